The largest absolute Gasteiger partial charge is 0.415 e. The monoisotopic (exact) mass is 277 g/mol. The molecule has 0 saturated carbocycles. The summed E-state index contributed by atoms with van der Waals surface area (Å²) in [5.41, 5.74) is -0.120. The standard InChI is InChI=1S/C13H8ClNO4/c14-10-7-4-8-11(12(10)15(17)18)19-13(16)9-5-2-1-3-6-9/h1-8H. The van der Waals surface area contributed by atoms with E-state index in [-0.39, 0.29) is 10.8 Å². The number of hydrogen-bond donors (Lipinski definition) is 0. The van der Waals surface area contributed by atoms with Crippen LogP contribution >= 0.6 is 11.6 Å². The summed E-state index contributed by atoms with van der Waals surface area (Å²) in [6.07, 6.45) is 0. The zero-order chi connectivity index (χ0) is 13.8. The Balaban J connectivity index is 2.32. The highest BCUT2D eigenvalue weighted by Gasteiger charge is 2.22. The molecule has 0 aliphatic rings. The van der Waals surface area contributed by atoms with E-state index in [2.05, 4.69) is 0 Å². The van der Waals surface area contributed by atoms with E-state index in [4.69, 9.17) is 16.3 Å². The number of rotatable bonds is 3. The van der Waals surface area contributed by atoms with E-state index in [0.29, 0.717) is 5.56 Å². The molecule has 0 atom stereocenters. The molecule has 0 aliphatic carbocycles. The van der Waals surface area contributed by atoms with Gasteiger partial charge in [-0.25, -0.2) is 4.79 Å². The molecule has 0 radical (unpaired) electrons. The van der Waals surface area contributed by atoms with Crippen LogP contribution in [-0.2, 0) is 0 Å². The van der Waals surface area contributed by atoms with Crippen molar-refractivity contribution in [1.29, 1.82) is 0 Å². The summed E-state index contributed by atoms with van der Waals surface area (Å²) in [6, 6.07) is 12.4. The van der Waals surface area contributed by atoms with Gasteiger partial charge in [-0.3, -0.25) is 10.1 Å². The lowest BCUT2D eigenvalue weighted by Gasteiger charge is -2.05. The van der Waals surface area contributed by atoms with Crippen LogP contribution in [0, 0.1) is 10.1 Å². The van der Waals surface area contributed by atoms with Crippen molar-refractivity contribution in [1.82, 2.24) is 0 Å². The van der Waals surface area contributed by atoms with E-state index in [9.17, 15) is 14.9 Å². The fraction of sp³-hybridized carbons (Fsp3) is 0. The molecule has 0 amide bonds. The Morgan fingerprint density at radius 2 is 1.79 bits per heavy atom. The second-order valence-electron chi connectivity index (χ2n) is 3.60. The molecule has 0 unspecified atom stereocenters. The Kier molecular flexibility index (Phi) is 3.77. The van der Waals surface area contributed by atoms with Crippen molar-refractivity contribution in [3.8, 4) is 5.75 Å². The van der Waals surface area contributed by atoms with E-state index in [0.717, 1.165) is 0 Å². The Morgan fingerprint density at radius 1 is 1.11 bits per heavy atom. The van der Waals surface area contributed by atoms with Gasteiger partial charge in [-0.2, -0.15) is 0 Å². The molecule has 0 bridgehead atoms. The van der Waals surface area contributed by atoms with Crippen LogP contribution in [0.2, 0.25) is 5.02 Å². The van der Waals surface area contributed by atoms with Gasteiger partial charge in [0.1, 0.15) is 5.02 Å². The fourth-order valence-corrected chi connectivity index (χ4v) is 1.72. The van der Waals surface area contributed by atoms with E-state index < -0.39 is 16.6 Å². The molecular weight excluding hydrogens is 270 g/mol. The maximum absolute atomic E-state index is 11.8. The zero-order valence-electron chi connectivity index (χ0n) is 9.58. The lowest BCUT2D eigenvalue weighted by Crippen LogP contribution is -2.09. The van der Waals surface area contributed by atoms with Crippen molar-refractivity contribution in [2.45, 2.75) is 0 Å². The first-order valence-corrected chi connectivity index (χ1v) is 5.67. The lowest BCUT2D eigenvalue weighted by atomic mass is 10.2. The van der Waals surface area contributed by atoms with Crippen LogP contribution in [0.4, 0.5) is 5.69 Å². The second-order valence-corrected chi connectivity index (χ2v) is 4.01. The van der Waals surface area contributed by atoms with Crippen molar-refractivity contribution in [3.63, 3.8) is 0 Å². The number of esters is 1. The van der Waals surface area contributed by atoms with Crippen LogP contribution in [0.1, 0.15) is 10.4 Å². The second kappa shape index (κ2) is 5.49. The normalized spacial score (nSPS) is 9.95. The van der Waals surface area contributed by atoms with E-state index in [1.807, 2.05) is 0 Å². The van der Waals surface area contributed by atoms with Gasteiger partial charge in [0.25, 0.3) is 0 Å². The summed E-state index contributed by atoms with van der Waals surface area (Å²) in [7, 11) is 0. The summed E-state index contributed by atoms with van der Waals surface area (Å²) in [6.45, 7) is 0. The number of hydrogen-bond acceptors (Lipinski definition) is 4. The minimum Gasteiger partial charge on any atom is -0.415 e. The van der Waals surface area contributed by atoms with Crippen LogP contribution in [0.15, 0.2) is 48.5 Å². The molecule has 0 saturated heterocycles. The predicted octanol–water partition coefficient (Wildman–Crippen LogP) is 3.47. The van der Waals surface area contributed by atoms with Gasteiger partial charge in [0, 0.05) is 0 Å². The summed E-state index contributed by atoms with van der Waals surface area (Å²) in [4.78, 5) is 22.0. The first-order valence-electron chi connectivity index (χ1n) is 5.29. The van der Waals surface area contributed by atoms with Crippen LogP contribution in [-0.4, -0.2) is 10.9 Å². The average molecular weight is 278 g/mol. The quantitative estimate of drug-likeness (QED) is 0.373. The van der Waals surface area contributed by atoms with Crippen LogP contribution in [0.3, 0.4) is 0 Å². The molecule has 19 heavy (non-hydrogen) atoms. The number of carbonyl (C=O) groups is 1. The SMILES string of the molecule is O=C(Oc1cccc(Cl)c1[N+](=O)[O-])c1ccccc1. The minimum absolute atomic E-state index is 0.0802. The summed E-state index contributed by atoms with van der Waals surface area (Å²) >= 11 is 5.72. The topological polar surface area (TPSA) is 69.4 Å². The molecule has 0 spiro atoms. The van der Waals surface area contributed by atoms with Crippen molar-refractivity contribution < 1.29 is 14.5 Å². The lowest BCUT2D eigenvalue weighted by molar-refractivity contribution is -0.385. The van der Waals surface area contributed by atoms with Gasteiger partial charge in [-0.15, -0.1) is 0 Å². The molecule has 0 aromatic heterocycles. The van der Waals surface area contributed by atoms with Crippen molar-refractivity contribution in [3.05, 3.63) is 69.2 Å². The summed E-state index contributed by atoms with van der Waals surface area (Å²) in [5, 5.41) is 10.8. The maximum Gasteiger partial charge on any atom is 0.343 e. The fourth-order valence-electron chi connectivity index (χ4n) is 1.49. The highest BCUT2D eigenvalue weighted by atomic mass is 35.5. The summed E-state index contributed by atoms with van der Waals surface area (Å²) < 4.78 is 5.01. The number of ether oxygens (including phenoxy) is 1. The molecule has 0 aliphatic heterocycles. The number of para-hydroxylation sites is 1. The Bertz CT molecular complexity index is 628. The number of halogens is 1. The molecule has 0 heterocycles. The molecule has 2 aromatic carbocycles. The molecule has 2 aromatic rings. The third-order valence-electron chi connectivity index (χ3n) is 2.34. The predicted molar refractivity (Wildman–Crippen MR) is 69.5 cm³/mol. The average Bonchev–Trinajstić information content (AvgIpc) is 2.39. The van der Waals surface area contributed by atoms with Gasteiger partial charge in [0.2, 0.25) is 5.75 Å². The molecule has 2 rings (SSSR count). The van der Waals surface area contributed by atoms with Gasteiger partial charge >= 0.3 is 11.7 Å². The number of carbonyl (C=O) groups excluding carboxylic acids is 1. The van der Waals surface area contributed by atoms with Crippen molar-refractivity contribution >= 4 is 23.3 Å². The van der Waals surface area contributed by atoms with E-state index in [1.165, 1.54) is 18.2 Å². The maximum atomic E-state index is 11.8. The van der Waals surface area contributed by atoms with Crippen molar-refractivity contribution in [2.24, 2.45) is 0 Å². The van der Waals surface area contributed by atoms with E-state index in [1.54, 1.807) is 30.3 Å². The van der Waals surface area contributed by atoms with Crippen molar-refractivity contribution in [2.75, 3.05) is 0 Å². The van der Waals surface area contributed by atoms with Gasteiger partial charge in [0.15, 0.2) is 0 Å². The third-order valence-corrected chi connectivity index (χ3v) is 2.65. The first kappa shape index (κ1) is 13.0. The van der Waals surface area contributed by atoms with E-state index >= 15 is 0 Å². The highest BCUT2D eigenvalue weighted by Crippen LogP contribution is 2.34. The minimum atomic E-state index is -0.685. The number of nitro benzene ring substituents is 1. The number of nitrogens with zero attached hydrogens (tertiary/aromatic N) is 1. The molecule has 96 valence electrons. The van der Waals surface area contributed by atoms with Gasteiger partial charge in [-0.05, 0) is 24.3 Å². The van der Waals surface area contributed by atoms with Crippen LogP contribution in [0.5, 0.6) is 5.75 Å². The first-order chi connectivity index (χ1) is 9.09. The number of benzene rings is 2. The summed E-state index contributed by atoms with van der Waals surface area (Å²) in [5.74, 6) is -0.850. The van der Waals surface area contributed by atoms with Gasteiger partial charge < -0.3 is 4.74 Å². The smallest absolute Gasteiger partial charge is 0.343 e. The van der Waals surface area contributed by atoms with Crippen LogP contribution in [0.25, 0.3) is 0 Å². The number of nitro groups is 1. The highest BCUT2D eigenvalue weighted by molar-refractivity contribution is 6.33. The Hall–Kier alpha value is -2.40. The van der Waals surface area contributed by atoms with Gasteiger partial charge in [-0.1, -0.05) is 35.9 Å². The molecular formula is C13H8ClNO4. The Morgan fingerprint density at radius 3 is 2.42 bits per heavy atom. The third kappa shape index (κ3) is 2.89. The molecule has 0 fully saturated rings. The molecule has 5 nitrogen and oxygen atoms in total. The Labute approximate surface area is 113 Å². The zero-order valence-corrected chi connectivity index (χ0v) is 10.3. The molecule has 0 N–H and O–H groups in total. The molecule has 6 heteroatoms. The van der Waals surface area contributed by atoms with Crippen LogP contribution < -0.4 is 4.74 Å². The van der Waals surface area contributed by atoms with Gasteiger partial charge in [0.05, 0.1) is 10.5 Å².